The molecule has 0 fully saturated rings. The van der Waals surface area contributed by atoms with Crippen molar-refractivity contribution in [2.45, 2.75) is 13.3 Å². The molecule has 0 bridgehead atoms. The molecule has 23 heavy (non-hydrogen) atoms. The second-order valence-corrected chi connectivity index (χ2v) is 5.87. The predicted octanol–water partition coefficient (Wildman–Crippen LogP) is 4.12. The van der Waals surface area contributed by atoms with E-state index in [1.807, 2.05) is 49.6 Å². The summed E-state index contributed by atoms with van der Waals surface area (Å²) in [6, 6.07) is 13.8. The maximum Gasteiger partial charge on any atom is 0.229 e. The van der Waals surface area contributed by atoms with Gasteiger partial charge in [-0.05, 0) is 36.8 Å². The fraction of sp³-hybridized carbons (Fsp3) is 0.158. The number of hydrogen-bond acceptors (Lipinski definition) is 3. The molecule has 4 nitrogen and oxygen atoms in total. The molecule has 0 aliphatic heterocycles. The fourth-order valence-electron chi connectivity index (χ4n) is 2.99. The third-order valence-corrected chi connectivity index (χ3v) is 4.03. The molecule has 0 unspecified atom stereocenters. The molecule has 0 N–H and O–H groups in total. The molecule has 4 heteroatoms. The number of nitrogens with zero attached hydrogens (tertiary/aromatic N) is 2. The van der Waals surface area contributed by atoms with E-state index in [0.29, 0.717) is 12.3 Å². The average molecular weight is 304 g/mol. The van der Waals surface area contributed by atoms with Gasteiger partial charge in [-0.25, -0.2) is 4.98 Å². The Morgan fingerprint density at radius 1 is 1.22 bits per heavy atom. The van der Waals surface area contributed by atoms with Crippen LogP contribution in [0.25, 0.3) is 33.5 Å². The molecule has 0 spiro atoms. The van der Waals surface area contributed by atoms with Crippen LogP contribution in [0.3, 0.4) is 0 Å². The van der Waals surface area contributed by atoms with Gasteiger partial charge in [0.1, 0.15) is 11.3 Å². The highest BCUT2D eigenvalue weighted by molar-refractivity contribution is 5.96. The number of fused-ring (bicyclic) bond motifs is 2. The lowest BCUT2D eigenvalue weighted by Crippen LogP contribution is -1.96. The van der Waals surface area contributed by atoms with Crippen molar-refractivity contribution in [3.05, 3.63) is 54.2 Å². The minimum atomic E-state index is 0.156. The number of benzene rings is 2. The first-order valence-electron chi connectivity index (χ1n) is 7.55. The minimum absolute atomic E-state index is 0.156. The number of carbonyl (C=O) groups excluding carboxylic acids is 1. The maximum absolute atomic E-state index is 11.4. The van der Waals surface area contributed by atoms with Crippen molar-refractivity contribution in [1.29, 1.82) is 0 Å². The van der Waals surface area contributed by atoms with Gasteiger partial charge in [-0.15, -0.1) is 0 Å². The van der Waals surface area contributed by atoms with Crippen LogP contribution in [0, 0.1) is 0 Å². The Kier molecular flexibility index (Phi) is 3.05. The maximum atomic E-state index is 11.4. The van der Waals surface area contributed by atoms with E-state index in [-0.39, 0.29) is 5.78 Å². The summed E-state index contributed by atoms with van der Waals surface area (Å²) in [5.41, 5.74) is 4.67. The summed E-state index contributed by atoms with van der Waals surface area (Å²) in [5, 5.41) is 1.05. The highest BCUT2D eigenvalue weighted by Gasteiger charge is 2.15. The minimum Gasteiger partial charge on any atom is -0.436 e. The van der Waals surface area contributed by atoms with E-state index < -0.39 is 0 Å². The number of hydrogen-bond donors (Lipinski definition) is 0. The third kappa shape index (κ3) is 2.32. The Morgan fingerprint density at radius 2 is 2.04 bits per heavy atom. The Labute approximate surface area is 133 Å². The van der Waals surface area contributed by atoms with Crippen LogP contribution < -0.4 is 0 Å². The number of rotatable bonds is 3. The molecule has 114 valence electrons. The molecule has 4 aromatic rings. The summed E-state index contributed by atoms with van der Waals surface area (Å²) < 4.78 is 7.96. The Hall–Kier alpha value is -2.88. The lowest BCUT2D eigenvalue weighted by Gasteiger charge is -2.00. The van der Waals surface area contributed by atoms with Crippen LogP contribution in [-0.2, 0) is 18.3 Å². The number of oxazole rings is 1. The molecule has 0 saturated heterocycles. The molecule has 2 aromatic heterocycles. The van der Waals surface area contributed by atoms with Crippen molar-refractivity contribution in [3.8, 4) is 11.5 Å². The number of carbonyl (C=O) groups is 1. The predicted molar refractivity (Wildman–Crippen MR) is 90.3 cm³/mol. The van der Waals surface area contributed by atoms with Crippen molar-refractivity contribution in [3.63, 3.8) is 0 Å². The van der Waals surface area contributed by atoms with Gasteiger partial charge in [-0.2, -0.15) is 0 Å². The summed E-state index contributed by atoms with van der Waals surface area (Å²) in [6.07, 6.45) is 2.46. The molecular weight excluding hydrogens is 288 g/mol. The van der Waals surface area contributed by atoms with Gasteiger partial charge in [-0.3, -0.25) is 4.79 Å². The Bertz CT molecular complexity index is 1010. The summed E-state index contributed by atoms with van der Waals surface area (Å²) >= 11 is 0. The van der Waals surface area contributed by atoms with Crippen molar-refractivity contribution in [2.24, 2.45) is 7.05 Å². The number of Topliss-reactive ketones (excluding diaryl/α,β-unsaturated/α-hetero) is 1. The zero-order valence-electron chi connectivity index (χ0n) is 13.0. The molecule has 0 atom stereocenters. The van der Waals surface area contributed by atoms with Gasteiger partial charge < -0.3 is 8.98 Å². The second kappa shape index (κ2) is 5.09. The van der Waals surface area contributed by atoms with E-state index in [9.17, 15) is 4.79 Å². The SMILES string of the molecule is CC(=O)Cc1ccc2c(c1)c(-c1nc3ccccc3o1)cn2C. The topological polar surface area (TPSA) is 48.0 Å². The summed E-state index contributed by atoms with van der Waals surface area (Å²) in [6.45, 7) is 1.61. The van der Waals surface area contributed by atoms with E-state index in [1.165, 1.54) is 0 Å². The van der Waals surface area contributed by atoms with Crippen LogP contribution in [0.5, 0.6) is 0 Å². The van der Waals surface area contributed by atoms with Crippen LogP contribution in [0.15, 0.2) is 53.1 Å². The Morgan fingerprint density at radius 3 is 2.83 bits per heavy atom. The number of aryl methyl sites for hydroxylation is 1. The summed E-state index contributed by atoms with van der Waals surface area (Å²) in [4.78, 5) is 16.0. The van der Waals surface area contributed by atoms with Gasteiger partial charge in [0.2, 0.25) is 5.89 Å². The zero-order valence-corrected chi connectivity index (χ0v) is 13.0. The molecule has 0 radical (unpaired) electrons. The highest BCUT2D eigenvalue weighted by atomic mass is 16.3. The Balaban J connectivity index is 1.92. The van der Waals surface area contributed by atoms with Gasteiger partial charge in [0.25, 0.3) is 0 Å². The molecule has 4 rings (SSSR count). The van der Waals surface area contributed by atoms with Gasteiger partial charge >= 0.3 is 0 Å². The largest absolute Gasteiger partial charge is 0.436 e. The average Bonchev–Trinajstić information content (AvgIpc) is 3.08. The van der Waals surface area contributed by atoms with E-state index in [0.717, 1.165) is 33.1 Å². The first-order valence-corrected chi connectivity index (χ1v) is 7.55. The lowest BCUT2D eigenvalue weighted by atomic mass is 10.1. The lowest BCUT2D eigenvalue weighted by molar-refractivity contribution is -0.116. The van der Waals surface area contributed by atoms with Crippen molar-refractivity contribution < 1.29 is 9.21 Å². The molecule has 0 saturated carbocycles. The smallest absolute Gasteiger partial charge is 0.229 e. The summed E-state index contributed by atoms with van der Waals surface area (Å²) in [5.74, 6) is 0.764. The normalized spacial score (nSPS) is 11.4. The number of para-hydroxylation sites is 2. The molecule has 0 amide bonds. The molecule has 0 aliphatic carbocycles. The van der Waals surface area contributed by atoms with Gasteiger partial charge in [0.05, 0.1) is 5.56 Å². The van der Waals surface area contributed by atoms with Crippen LogP contribution in [-0.4, -0.2) is 15.3 Å². The zero-order chi connectivity index (χ0) is 16.0. The summed E-state index contributed by atoms with van der Waals surface area (Å²) in [7, 11) is 2.00. The van der Waals surface area contributed by atoms with Gasteiger partial charge in [-0.1, -0.05) is 18.2 Å². The third-order valence-electron chi connectivity index (χ3n) is 4.03. The first-order chi connectivity index (χ1) is 11.1. The van der Waals surface area contributed by atoms with E-state index >= 15 is 0 Å². The monoisotopic (exact) mass is 304 g/mol. The van der Waals surface area contributed by atoms with Crippen LogP contribution in [0.2, 0.25) is 0 Å². The van der Waals surface area contributed by atoms with Crippen molar-refractivity contribution in [2.75, 3.05) is 0 Å². The van der Waals surface area contributed by atoms with Crippen molar-refractivity contribution >= 4 is 27.8 Å². The molecule has 0 aliphatic rings. The fourth-order valence-corrected chi connectivity index (χ4v) is 2.99. The van der Waals surface area contributed by atoms with E-state index in [1.54, 1.807) is 6.92 Å². The van der Waals surface area contributed by atoms with Crippen molar-refractivity contribution in [1.82, 2.24) is 9.55 Å². The van der Waals surface area contributed by atoms with Crippen LogP contribution in [0.4, 0.5) is 0 Å². The number of aromatic nitrogens is 2. The van der Waals surface area contributed by atoms with Gasteiger partial charge in [0.15, 0.2) is 5.58 Å². The first kappa shape index (κ1) is 13.8. The molecule has 2 heterocycles. The molecular formula is C19H16N2O2. The van der Waals surface area contributed by atoms with Crippen LogP contribution >= 0.6 is 0 Å². The standard InChI is InChI=1S/C19H16N2O2/c1-12(22)9-13-7-8-17-14(10-13)15(11-21(17)2)19-20-16-5-3-4-6-18(16)23-19/h3-8,10-11H,9H2,1-2H3. The van der Waals surface area contributed by atoms with E-state index in [4.69, 9.17) is 4.42 Å². The van der Waals surface area contributed by atoms with E-state index in [2.05, 4.69) is 15.6 Å². The van der Waals surface area contributed by atoms with Crippen LogP contribution in [0.1, 0.15) is 12.5 Å². The highest BCUT2D eigenvalue weighted by Crippen LogP contribution is 2.32. The quantitative estimate of drug-likeness (QED) is 0.572. The number of ketones is 1. The molecule has 2 aromatic carbocycles. The second-order valence-electron chi connectivity index (χ2n) is 5.87. The van der Waals surface area contributed by atoms with Gasteiger partial charge in [0, 0.05) is 30.6 Å².